The van der Waals surface area contributed by atoms with Crippen LogP contribution in [0.25, 0.3) is 106 Å². The lowest BCUT2D eigenvalue weighted by Crippen LogP contribution is -2.55. The van der Waals surface area contributed by atoms with E-state index < -0.39 is 0 Å². The van der Waals surface area contributed by atoms with E-state index in [1.807, 2.05) is 72.8 Å². The minimum absolute atomic E-state index is 0.0979. The molecular weight excluding hydrogens is 797 g/mol. The van der Waals surface area contributed by atoms with Crippen molar-refractivity contribution in [3.63, 3.8) is 0 Å². The highest BCUT2D eigenvalue weighted by Gasteiger charge is 2.23. The summed E-state index contributed by atoms with van der Waals surface area (Å²) in [7, 11) is 32.7. The Morgan fingerprint density at radius 3 is 1.44 bits per heavy atom. The molecule has 5 nitrogen and oxygen atoms in total. The van der Waals surface area contributed by atoms with Gasteiger partial charge in [-0.15, -0.1) is 16.4 Å². The van der Waals surface area contributed by atoms with E-state index >= 15 is 0 Å². The predicted octanol–water partition coefficient (Wildman–Crippen LogP) is 8.00. The number of hydrogen-bond acceptors (Lipinski definition) is 4. The second kappa shape index (κ2) is 16.9. The van der Waals surface area contributed by atoms with Crippen molar-refractivity contribution in [2.45, 2.75) is 0 Å². The second-order valence-corrected chi connectivity index (χ2v) is 16.2. The fourth-order valence-corrected chi connectivity index (χ4v) is 8.76. The van der Waals surface area contributed by atoms with Crippen LogP contribution in [0.2, 0.25) is 0 Å². The Labute approximate surface area is 389 Å². The average Bonchev–Trinajstić information content (AvgIpc) is 3.71. The summed E-state index contributed by atoms with van der Waals surface area (Å²) in [4.78, 5) is 20.8. The van der Waals surface area contributed by atoms with Gasteiger partial charge in [-0.2, -0.15) is 0 Å². The molecule has 0 saturated carbocycles. The Kier molecular flexibility index (Phi) is 10.4. The molecule has 0 aliphatic heterocycles. The van der Waals surface area contributed by atoms with Crippen LogP contribution in [0.4, 0.5) is 0 Å². The van der Waals surface area contributed by atoms with Crippen molar-refractivity contribution in [1.82, 2.24) is 24.5 Å². The number of aromatic nitrogens is 5. The number of para-hydroxylation sites is 1. The molecule has 66 heavy (non-hydrogen) atoms. The maximum absolute atomic E-state index is 6.73. The second-order valence-electron chi connectivity index (χ2n) is 16.2. The molecule has 11 aromatic rings. The molecule has 0 atom stereocenters. The van der Waals surface area contributed by atoms with Gasteiger partial charge in [0, 0.05) is 38.6 Å². The van der Waals surface area contributed by atoms with Gasteiger partial charge in [0.15, 0.2) is 17.5 Å². The van der Waals surface area contributed by atoms with Crippen LogP contribution in [0.5, 0.6) is 0 Å². The van der Waals surface area contributed by atoms with Crippen molar-refractivity contribution in [2.24, 2.45) is 0 Å². The fourth-order valence-electron chi connectivity index (χ4n) is 8.76. The molecule has 8 aromatic carbocycles. The maximum atomic E-state index is 6.73. The quantitative estimate of drug-likeness (QED) is 0.146. The Bertz CT molecular complexity index is 3550. The summed E-state index contributed by atoms with van der Waals surface area (Å²) in [6, 6.07) is 66.3. The van der Waals surface area contributed by atoms with Gasteiger partial charge in [-0.25, -0.2) is 19.9 Å². The SMILES string of the molecule is [B]c1c([B])c([B])c(-c2nc(-c3ccccc3)nc(-c3cc(-c4cc(-c5ccccc5)cc(-c5ccccc5)n4)ccc3-n3c4ccccc4c4ccc(-c5ccccc5)cc43)n2)c([B])c1[B]. The molecule has 0 saturated heterocycles. The Morgan fingerprint density at radius 2 is 0.788 bits per heavy atom. The van der Waals surface area contributed by atoms with E-state index in [0.717, 1.165) is 77.8 Å². The first-order chi connectivity index (χ1) is 32.3. The van der Waals surface area contributed by atoms with E-state index in [2.05, 4.69) is 126 Å². The van der Waals surface area contributed by atoms with Gasteiger partial charge in [0.05, 0.1) is 28.1 Å². The first-order valence-corrected chi connectivity index (χ1v) is 21.5. The van der Waals surface area contributed by atoms with E-state index in [4.69, 9.17) is 59.2 Å². The number of fused-ring (bicyclic) bond motifs is 3. The van der Waals surface area contributed by atoms with Gasteiger partial charge >= 0.3 is 0 Å². The molecule has 0 aliphatic rings. The van der Waals surface area contributed by atoms with Gasteiger partial charge in [-0.05, 0) is 58.7 Å². The summed E-state index contributed by atoms with van der Waals surface area (Å²) in [5, 5.41) is 2.20. The standard InChI is InChI=1S/C56H32B5N5/c57-49-48(50(58)52(60)53(61)51(49)59)56-64-54(36-21-11-4-12-22-36)63-55(65-56)42-29-38(44-31-39(34-17-7-2-8-18-34)30-43(62-44)35-19-9-3-10-20-35)26-28-46(42)66-45-24-14-13-23-40(45)41-27-25-37(32-47(41)66)33-15-5-1-6-16-33/h1-32H. The van der Waals surface area contributed by atoms with Gasteiger partial charge in [-0.1, -0.05) is 169 Å². The Hall–Kier alpha value is -7.96. The summed E-state index contributed by atoms with van der Waals surface area (Å²) >= 11 is 0. The third-order valence-corrected chi connectivity index (χ3v) is 12.1. The summed E-state index contributed by atoms with van der Waals surface area (Å²) in [5.74, 6) is 0.938. The fraction of sp³-hybridized carbons (Fsp3) is 0. The summed E-state index contributed by atoms with van der Waals surface area (Å²) in [5.41, 5.74) is 12.8. The van der Waals surface area contributed by atoms with Crippen molar-refractivity contribution in [1.29, 1.82) is 0 Å². The average molecular weight is 829 g/mol. The molecular formula is C56H32B5N5. The Balaban J connectivity index is 1.24. The highest BCUT2D eigenvalue weighted by atomic mass is 15.1. The number of rotatable bonds is 8. The minimum atomic E-state index is 0.0979. The molecule has 296 valence electrons. The lowest BCUT2D eigenvalue weighted by molar-refractivity contribution is 1.07. The molecule has 0 aliphatic carbocycles. The first-order valence-electron chi connectivity index (χ1n) is 21.5. The van der Waals surface area contributed by atoms with Gasteiger partial charge in [0.25, 0.3) is 0 Å². The van der Waals surface area contributed by atoms with Crippen LogP contribution in [0.3, 0.4) is 0 Å². The lowest BCUT2D eigenvalue weighted by atomic mass is 9.60. The van der Waals surface area contributed by atoms with Gasteiger partial charge in [-0.3, -0.25) is 0 Å². The normalized spacial score (nSPS) is 11.3. The minimum Gasteiger partial charge on any atom is -0.308 e. The first kappa shape index (κ1) is 40.8. The number of nitrogens with zero attached hydrogens (tertiary/aromatic N) is 5. The molecule has 10 radical (unpaired) electrons. The van der Waals surface area contributed by atoms with Gasteiger partial charge < -0.3 is 4.57 Å². The topological polar surface area (TPSA) is 56.5 Å². The largest absolute Gasteiger partial charge is 0.308 e. The molecule has 3 aromatic heterocycles. The molecule has 0 fully saturated rings. The zero-order valence-corrected chi connectivity index (χ0v) is 35.6. The van der Waals surface area contributed by atoms with E-state index in [1.165, 1.54) is 0 Å². The zero-order valence-electron chi connectivity index (χ0n) is 35.6. The van der Waals surface area contributed by atoms with Crippen LogP contribution in [0.1, 0.15) is 0 Å². The Morgan fingerprint density at radius 1 is 0.303 bits per heavy atom. The third kappa shape index (κ3) is 7.25. The predicted molar refractivity (Wildman–Crippen MR) is 277 cm³/mol. The molecule has 3 heterocycles. The van der Waals surface area contributed by atoms with Crippen LogP contribution in [0, 0.1) is 0 Å². The molecule has 10 heteroatoms. The number of pyridine rings is 1. The number of benzene rings is 8. The molecule has 0 N–H and O–H groups in total. The van der Waals surface area contributed by atoms with Gasteiger partial charge in [0.1, 0.15) is 39.2 Å². The van der Waals surface area contributed by atoms with Crippen molar-refractivity contribution in [3.8, 4) is 84.6 Å². The van der Waals surface area contributed by atoms with Crippen molar-refractivity contribution < 1.29 is 0 Å². The molecule has 0 spiro atoms. The van der Waals surface area contributed by atoms with Crippen LogP contribution in [-0.2, 0) is 0 Å². The summed E-state index contributed by atoms with van der Waals surface area (Å²) < 4.78 is 2.28. The summed E-state index contributed by atoms with van der Waals surface area (Å²) in [6.07, 6.45) is 0. The smallest absolute Gasteiger partial charge is 0.166 e. The molecule has 0 amide bonds. The van der Waals surface area contributed by atoms with E-state index in [9.17, 15) is 0 Å². The number of hydrogen-bond donors (Lipinski definition) is 0. The lowest BCUT2D eigenvalue weighted by Gasteiger charge is -2.21. The van der Waals surface area contributed by atoms with E-state index in [0.29, 0.717) is 17.2 Å². The van der Waals surface area contributed by atoms with Crippen LogP contribution in [-0.4, -0.2) is 63.7 Å². The zero-order chi connectivity index (χ0) is 44.9. The van der Waals surface area contributed by atoms with Crippen molar-refractivity contribution in [2.75, 3.05) is 0 Å². The van der Waals surface area contributed by atoms with Crippen LogP contribution >= 0.6 is 0 Å². The third-order valence-electron chi connectivity index (χ3n) is 12.1. The monoisotopic (exact) mass is 829 g/mol. The van der Waals surface area contributed by atoms with Crippen LogP contribution < -0.4 is 27.3 Å². The molecule has 11 rings (SSSR count). The van der Waals surface area contributed by atoms with Crippen molar-refractivity contribution >= 4 is 88.4 Å². The van der Waals surface area contributed by atoms with Gasteiger partial charge in [0.2, 0.25) is 0 Å². The highest BCUT2D eigenvalue weighted by Crippen LogP contribution is 2.40. The van der Waals surface area contributed by atoms with E-state index in [1.54, 1.807) is 0 Å². The summed E-state index contributed by atoms with van der Waals surface area (Å²) in [6.45, 7) is 0. The van der Waals surface area contributed by atoms with E-state index in [-0.39, 0.29) is 38.7 Å². The van der Waals surface area contributed by atoms with Crippen LogP contribution in [0.15, 0.2) is 194 Å². The molecule has 0 unspecified atom stereocenters. The maximum Gasteiger partial charge on any atom is 0.166 e. The highest BCUT2D eigenvalue weighted by molar-refractivity contribution is 6.68. The molecule has 0 bridgehead atoms. The van der Waals surface area contributed by atoms with Crippen molar-refractivity contribution in [3.05, 3.63) is 194 Å².